The van der Waals surface area contributed by atoms with Gasteiger partial charge in [-0.1, -0.05) is 37.3 Å². The molecular weight excluding hydrogens is 260 g/mol. The third-order valence-corrected chi connectivity index (χ3v) is 5.18. The molecule has 3 heteroatoms. The fraction of sp³-hybridized carbons (Fsp3) is 0.667. The van der Waals surface area contributed by atoms with Crippen LogP contribution in [0.15, 0.2) is 30.3 Å². The molecule has 0 bridgehead atoms. The van der Waals surface area contributed by atoms with Crippen LogP contribution in [0.1, 0.15) is 38.7 Å². The van der Waals surface area contributed by atoms with Crippen LogP contribution in [0, 0.1) is 0 Å². The Hall–Kier alpha value is -0.900. The van der Waals surface area contributed by atoms with Gasteiger partial charge in [0.05, 0.1) is 12.1 Å². The second-order valence-corrected chi connectivity index (χ2v) is 6.68. The van der Waals surface area contributed by atoms with E-state index in [0.29, 0.717) is 12.1 Å². The summed E-state index contributed by atoms with van der Waals surface area (Å²) >= 11 is 0. The topological polar surface area (TPSA) is 24.5 Å². The highest BCUT2D eigenvalue weighted by Crippen LogP contribution is 2.30. The van der Waals surface area contributed by atoms with E-state index in [1.165, 1.54) is 24.8 Å². The molecular formula is C18H28N2O. The van der Waals surface area contributed by atoms with Gasteiger partial charge in [0.2, 0.25) is 0 Å². The maximum Gasteiger partial charge on any atom is 0.0621 e. The molecule has 0 aromatic heterocycles. The predicted molar refractivity (Wildman–Crippen MR) is 86.4 cm³/mol. The number of ether oxygens (including phenoxy) is 1. The van der Waals surface area contributed by atoms with Crippen LogP contribution in [0.3, 0.4) is 0 Å². The minimum atomic E-state index is 0.0460. The lowest BCUT2D eigenvalue weighted by molar-refractivity contribution is -0.0297. The van der Waals surface area contributed by atoms with Crippen LogP contribution < -0.4 is 5.32 Å². The third-order valence-electron chi connectivity index (χ3n) is 5.18. The molecule has 3 atom stereocenters. The monoisotopic (exact) mass is 288 g/mol. The smallest absolute Gasteiger partial charge is 0.0621 e. The van der Waals surface area contributed by atoms with E-state index in [9.17, 15) is 0 Å². The molecule has 116 valence electrons. The Balaban J connectivity index is 1.80. The summed E-state index contributed by atoms with van der Waals surface area (Å²) in [6.07, 6.45) is 3.68. The Morgan fingerprint density at radius 2 is 2.14 bits per heavy atom. The molecule has 1 aromatic carbocycles. The Morgan fingerprint density at radius 3 is 2.81 bits per heavy atom. The number of rotatable bonds is 3. The van der Waals surface area contributed by atoms with Gasteiger partial charge in [0.1, 0.15) is 0 Å². The van der Waals surface area contributed by atoms with Gasteiger partial charge in [0, 0.05) is 31.8 Å². The van der Waals surface area contributed by atoms with Crippen molar-refractivity contribution in [1.82, 2.24) is 10.2 Å². The Bertz CT molecular complexity index is 444. The number of hydrogen-bond acceptors (Lipinski definition) is 3. The van der Waals surface area contributed by atoms with E-state index in [0.717, 1.165) is 26.3 Å². The van der Waals surface area contributed by atoms with Crippen LogP contribution in [0.25, 0.3) is 0 Å². The molecule has 3 nitrogen and oxygen atoms in total. The van der Waals surface area contributed by atoms with Crippen LogP contribution >= 0.6 is 0 Å². The molecule has 2 heterocycles. The zero-order valence-corrected chi connectivity index (χ0v) is 13.3. The number of piperazine rings is 1. The first kappa shape index (κ1) is 15.0. The van der Waals surface area contributed by atoms with Crippen molar-refractivity contribution in [3.63, 3.8) is 0 Å². The van der Waals surface area contributed by atoms with Crippen LogP contribution in [0.2, 0.25) is 0 Å². The van der Waals surface area contributed by atoms with Crippen molar-refractivity contribution in [3.05, 3.63) is 35.9 Å². The largest absolute Gasteiger partial charge is 0.380 e. The normalized spacial score (nSPS) is 34.8. The molecule has 21 heavy (non-hydrogen) atoms. The number of hydrogen-bond donors (Lipinski definition) is 1. The van der Waals surface area contributed by atoms with Gasteiger partial charge < -0.3 is 10.1 Å². The molecule has 2 aliphatic rings. The van der Waals surface area contributed by atoms with E-state index in [4.69, 9.17) is 4.74 Å². The van der Waals surface area contributed by atoms with E-state index in [2.05, 4.69) is 54.4 Å². The summed E-state index contributed by atoms with van der Waals surface area (Å²) < 4.78 is 5.74. The van der Waals surface area contributed by atoms with E-state index < -0.39 is 0 Å². The van der Waals surface area contributed by atoms with Gasteiger partial charge in [-0.25, -0.2) is 0 Å². The average Bonchev–Trinajstić information content (AvgIpc) is 2.56. The molecule has 0 amide bonds. The first-order valence-corrected chi connectivity index (χ1v) is 8.37. The van der Waals surface area contributed by atoms with Crippen molar-refractivity contribution in [2.24, 2.45) is 0 Å². The molecule has 0 saturated carbocycles. The predicted octanol–water partition coefficient (Wildman–Crippen LogP) is 2.76. The number of nitrogens with one attached hydrogen (secondary N) is 1. The van der Waals surface area contributed by atoms with Gasteiger partial charge in [-0.3, -0.25) is 4.90 Å². The first-order valence-electron chi connectivity index (χ1n) is 8.37. The molecule has 0 radical (unpaired) electrons. The van der Waals surface area contributed by atoms with Crippen LogP contribution in [-0.2, 0) is 10.3 Å². The highest BCUT2D eigenvalue weighted by molar-refractivity contribution is 5.25. The SMILES string of the molecule is CCC1CNC(C)(c2ccccc2)CN1C1CCCOC1. The summed E-state index contributed by atoms with van der Waals surface area (Å²) in [6, 6.07) is 12.1. The highest BCUT2D eigenvalue weighted by Gasteiger charge is 2.39. The molecule has 3 unspecified atom stereocenters. The zero-order chi connectivity index (χ0) is 14.7. The van der Waals surface area contributed by atoms with Gasteiger partial charge in [-0.15, -0.1) is 0 Å². The standard InChI is InChI=1S/C18H28N2O/c1-3-16-12-19-18(2,15-8-5-4-6-9-15)14-20(16)17-10-7-11-21-13-17/h4-6,8-9,16-17,19H,3,7,10-14H2,1-2H3. The third kappa shape index (κ3) is 3.15. The Labute approximate surface area is 128 Å². The van der Waals surface area contributed by atoms with Crippen molar-refractivity contribution >= 4 is 0 Å². The van der Waals surface area contributed by atoms with E-state index in [1.807, 2.05) is 0 Å². The lowest BCUT2D eigenvalue weighted by atomic mass is 9.86. The maximum absolute atomic E-state index is 5.74. The molecule has 3 rings (SSSR count). The molecule has 1 aromatic rings. The van der Waals surface area contributed by atoms with Crippen molar-refractivity contribution in [3.8, 4) is 0 Å². The number of nitrogens with zero attached hydrogens (tertiary/aromatic N) is 1. The lowest BCUT2D eigenvalue weighted by Crippen LogP contribution is -2.64. The quantitative estimate of drug-likeness (QED) is 0.925. The summed E-state index contributed by atoms with van der Waals surface area (Å²) in [5.74, 6) is 0. The van der Waals surface area contributed by atoms with Gasteiger partial charge in [0.25, 0.3) is 0 Å². The van der Waals surface area contributed by atoms with E-state index in [-0.39, 0.29) is 5.54 Å². The van der Waals surface area contributed by atoms with Crippen molar-refractivity contribution in [2.75, 3.05) is 26.3 Å². The molecule has 2 aliphatic heterocycles. The van der Waals surface area contributed by atoms with Gasteiger partial charge in [-0.05, 0) is 31.7 Å². The summed E-state index contributed by atoms with van der Waals surface area (Å²) in [5.41, 5.74) is 1.44. The van der Waals surface area contributed by atoms with Crippen LogP contribution in [0.4, 0.5) is 0 Å². The molecule has 2 saturated heterocycles. The second kappa shape index (κ2) is 6.47. The number of benzene rings is 1. The molecule has 2 fully saturated rings. The maximum atomic E-state index is 5.74. The second-order valence-electron chi connectivity index (χ2n) is 6.68. The fourth-order valence-electron chi connectivity index (χ4n) is 3.80. The summed E-state index contributed by atoms with van der Waals surface area (Å²) in [6.45, 7) is 8.62. The van der Waals surface area contributed by atoms with Gasteiger partial charge in [-0.2, -0.15) is 0 Å². The Morgan fingerprint density at radius 1 is 1.33 bits per heavy atom. The molecule has 0 aliphatic carbocycles. The van der Waals surface area contributed by atoms with Crippen molar-refractivity contribution in [1.29, 1.82) is 0 Å². The molecule has 0 spiro atoms. The van der Waals surface area contributed by atoms with Crippen LogP contribution in [0.5, 0.6) is 0 Å². The van der Waals surface area contributed by atoms with Gasteiger partial charge in [0.15, 0.2) is 0 Å². The van der Waals surface area contributed by atoms with Crippen molar-refractivity contribution < 1.29 is 4.74 Å². The van der Waals surface area contributed by atoms with E-state index in [1.54, 1.807) is 0 Å². The fourth-order valence-corrected chi connectivity index (χ4v) is 3.80. The minimum Gasteiger partial charge on any atom is -0.380 e. The molecule has 1 N–H and O–H groups in total. The Kier molecular flexibility index (Phi) is 4.63. The summed E-state index contributed by atoms with van der Waals surface area (Å²) in [4.78, 5) is 2.71. The minimum absolute atomic E-state index is 0.0460. The summed E-state index contributed by atoms with van der Waals surface area (Å²) in [7, 11) is 0. The van der Waals surface area contributed by atoms with E-state index >= 15 is 0 Å². The van der Waals surface area contributed by atoms with Gasteiger partial charge >= 0.3 is 0 Å². The lowest BCUT2D eigenvalue weighted by Gasteiger charge is -2.50. The van der Waals surface area contributed by atoms with Crippen molar-refractivity contribution in [2.45, 2.75) is 50.7 Å². The first-order chi connectivity index (χ1) is 10.2. The highest BCUT2D eigenvalue weighted by atomic mass is 16.5. The average molecular weight is 288 g/mol. The zero-order valence-electron chi connectivity index (χ0n) is 13.3. The van der Waals surface area contributed by atoms with Crippen LogP contribution in [-0.4, -0.2) is 43.3 Å². The summed E-state index contributed by atoms with van der Waals surface area (Å²) in [5, 5.41) is 3.80.